The van der Waals surface area contributed by atoms with Crippen molar-refractivity contribution in [3.8, 4) is 0 Å². The molecule has 1 heterocycles. The standard InChI is InChI=1S/C11H5F6N/c12-10(13,14)8-5-6-3-1-2-4-7(6)9(18-8)11(15,16)17/h1-5H. The van der Waals surface area contributed by atoms with Crippen molar-refractivity contribution in [3.63, 3.8) is 0 Å². The van der Waals surface area contributed by atoms with Gasteiger partial charge in [0.2, 0.25) is 0 Å². The van der Waals surface area contributed by atoms with Crippen LogP contribution in [0.5, 0.6) is 0 Å². The van der Waals surface area contributed by atoms with Gasteiger partial charge in [-0.2, -0.15) is 26.3 Å². The molecule has 2 aromatic rings. The van der Waals surface area contributed by atoms with E-state index < -0.39 is 23.7 Å². The second-order valence-electron chi connectivity index (χ2n) is 3.57. The summed E-state index contributed by atoms with van der Waals surface area (Å²) in [5.74, 6) is 0. The van der Waals surface area contributed by atoms with E-state index in [9.17, 15) is 26.3 Å². The number of aromatic nitrogens is 1. The maximum atomic E-state index is 12.7. The first kappa shape index (κ1) is 12.7. The molecule has 1 aromatic carbocycles. The Kier molecular flexibility index (Phi) is 2.71. The number of hydrogen-bond acceptors (Lipinski definition) is 1. The number of benzene rings is 1. The zero-order valence-electron chi connectivity index (χ0n) is 8.60. The minimum absolute atomic E-state index is 0.146. The van der Waals surface area contributed by atoms with Gasteiger partial charge in [0.05, 0.1) is 0 Å². The predicted molar refractivity (Wildman–Crippen MR) is 51.7 cm³/mol. The van der Waals surface area contributed by atoms with Gasteiger partial charge in [-0.15, -0.1) is 0 Å². The van der Waals surface area contributed by atoms with Crippen LogP contribution in [0.3, 0.4) is 0 Å². The highest BCUT2D eigenvalue weighted by molar-refractivity contribution is 5.85. The number of alkyl halides is 6. The Morgan fingerprint density at radius 3 is 2.00 bits per heavy atom. The molecule has 0 atom stereocenters. The molecule has 2 rings (SSSR count). The minimum atomic E-state index is -4.93. The third-order valence-corrected chi connectivity index (χ3v) is 2.30. The molecule has 0 amide bonds. The predicted octanol–water partition coefficient (Wildman–Crippen LogP) is 4.27. The lowest BCUT2D eigenvalue weighted by molar-refractivity contribution is -0.149. The number of hydrogen-bond donors (Lipinski definition) is 0. The molecular formula is C11H5F6N. The molecule has 18 heavy (non-hydrogen) atoms. The summed E-state index contributed by atoms with van der Waals surface area (Å²) < 4.78 is 75.3. The lowest BCUT2D eigenvalue weighted by atomic mass is 10.1. The third-order valence-electron chi connectivity index (χ3n) is 2.30. The Balaban J connectivity index is 2.81. The van der Waals surface area contributed by atoms with Crippen LogP contribution in [0.4, 0.5) is 26.3 Å². The fourth-order valence-electron chi connectivity index (χ4n) is 1.56. The molecule has 0 fully saturated rings. The van der Waals surface area contributed by atoms with E-state index in [1.54, 1.807) is 0 Å². The molecule has 0 bridgehead atoms. The monoisotopic (exact) mass is 265 g/mol. The molecule has 0 spiro atoms. The van der Waals surface area contributed by atoms with Gasteiger partial charge in [-0.1, -0.05) is 24.3 Å². The highest BCUT2D eigenvalue weighted by atomic mass is 19.4. The lowest BCUT2D eigenvalue weighted by Crippen LogP contribution is -2.15. The summed E-state index contributed by atoms with van der Waals surface area (Å²) >= 11 is 0. The fourth-order valence-corrected chi connectivity index (χ4v) is 1.56. The zero-order chi connectivity index (χ0) is 13.6. The van der Waals surface area contributed by atoms with Gasteiger partial charge in [-0.05, 0) is 11.5 Å². The van der Waals surface area contributed by atoms with Crippen LogP contribution in [-0.4, -0.2) is 4.98 Å². The number of halogens is 6. The van der Waals surface area contributed by atoms with Gasteiger partial charge in [0.25, 0.3) is 0 Å². The summed E-state index contributed by atoms with van der Waals surface area (Å²) in [4.78, 5) is 2.69. The third kappa shape index (κ3) is 2.25. The van der Waals surface area contributed by atoms with Crippen LogP contribution in [-0.2, 0) is 12.4 Å². The van der Waals surface area contributed by atoms with Crippen LogP contribution >= 0.6 is 0 Å². The number of nitrogens with zero attached hydrogens (tertiary/aromatic N) is 1. The van der Waals surface area contributed by atoms with Crippen molar-refractivity contribution in [1.29, 1.82) is 0 Å². The molecule has 0 aliphatic rings. The SMILES string of the molecule is FC(F)(F)c1cc2ccccc2c(C(F)(F)F)n1. The van der Waals surface area contributed by atoms with Crippen molar-refractivity contribution in [2.75, 3.05) is 0 Å². The molecule has 0 radical (unpaired) electrons. The molecule has 0 saturated carbocycles. The van der Waals surface area contributed by atoms with E-state index in [4.69, 9.17) is 0 Å². The maximum Gasteiger partial charge on any atom is 0.433 e. The second-order valence-corrected chi connectivity index (χ2v) is 3.57. The van der Waals surface area contributed by atoms with Gasteiger partial charge in [0, 0.05) is 5.39 Å². The first-order valence-electron chi connectivity index (χ1n) is 4.74. The van der Waals surface area contributed by atoms with E-state index in [1.807, 2.05) is 0 Å². The van der Waals surface area contributed by atoms with Crippen molar-refractivity contribution < 1.29 is 26.3 Å². The van der Waals surface area contributed by atoms with Crippen molar-refractivity contribution >= 4 is 10.8 Å². The summed E-state index contributed by atoms with van der Waals surface area (Å²) in [5.41, 5.74) is -3.07. The summed E-state index contributed by atoms with van der Waals surface area (Å²) in [7, 11) is 0. The number of rotatable bonds is 0. The zero-order valence-corrected chi connectivity index (χ0v) is 8.60. The van der Waals surface area contributed by atoms with E-state index >= 15 is 0 Å². The van der Waals surface area contributed by atoms with Gasteiger partial charge in [0.15, 0.2) is 5.69 Å². The van der Waals surface area contributed by atoms with Crippen LogP contribution in [0, 0.1) is 0 Å². The average Bonchev–Trinajstić information content (AvgIpc) is 2.25. The summed E-state index contributed by atoms with van der Waals surface area (Å²) in [6.07, 6.45) is -9.84. The van der Waals surface area contributed by atoms with Crippen LogP contribution in [0.1, 0.15) is 11.4 Å². The molecule has 0 N–H and O–H groups in total. The van der Waals surface area contributed by atoms with Crippen LogP contribution in [0.15, 0.2) is 30.3 Å². The first-order valence-corrected chi connectivity index (χ1v) is 4.74. The Morgan fingerprint density at radius 1 is 0.833 bits per heavy atom. The molecule has 0 aliphatic carbocycles. The van der Waals surface area contributed by atoms with E-state index in [-0.39, 0.29) is 10.8 Å². The fraction of sp³-hybridized carbons (Fsp3) is 0.182. The van der Waals surface area contributed by atoms with E-state index in [1.165, 1.54) is 18.2 Å². The molecule has 0 saturated heterocycles. The number of fused-ring (bicyclic) bond motifs is 1. The molecule has 96 valence electrons. The largest absolute Gasteiger partial charge is 0.433 e. The smallest absolute Gasteiger partial charge is 0.238 e. The van der Waals surface area contributed by atoms with Crippen molar-refractivity contribution in [2.24, 2.45) is 0 Å². The Morgan fingerprint density at radius 2 is 1.44 bits per heavy atom. The highest BCUT2D eigenvalue weighted by Crippen LogP contribution is 2.37. The summed E-state index contributed by atoms with van der Waals surface area (Å²) in [5, 5.41) is -0.495. The van der Waals surface area contributed by atoms with Gasteiger partial charge in [-0.25, -0.2) is 4.98 Å². The number of pyridine rings is 1. The topological polar surface area (TPSA) is 12.9 Å². The minimum Gasteiger partial charge on any atom is -0.238 e. The van der Waals surface area contributed by atoms with Gasteiger partial charge < -0.3 is 0 Å². The van der Waals surface area contributed by atoms with Crippen LogP contribution in [0.25, 0.3) is 10.8 Å². The Bertz CT molecular complexity index is 584. The van der Waals surface area contributed by atoms with Crippen molar-refractivity contribution in [2.45, 2.75) is 12.4 Å². The van der Waals surface area contributed by atoms with Crippen molar-refractivity contribution in [1.82, 2.24) is 4.98 Å². The summed E-state index contributed by atoms with van der Waals surface area (Å²) in [6.45, 7) is 0. The molecule has 1 nitrogen and oxygen atoms in total. The van der Waals surface area contributed by atoms with Crippen molar-refractivity contribution in [3.05, 3.63) is 41.7 Å². The normalized spacial score (nSPS) is 13.0. The van der Waals surface area contributed by atoms with E-state index in [0.717, 1.165) is 6.07 Å². The molecule has 1 aromatic heterocycles. The Labute approximate surface area is 97.1 Å². The van der Waals surface area contributed by atoms with Crippen LogP contribution < -0.4 is 0 Å². The molecule has 0 unspecified atom stereocenters. The molecule has 0 aliphatic heterocycles. The van der Waals surface area contributed by atoms with E-state index in [2.05, 4.69) is 4.98 Å². The highest BCUT2D eigenvalue weighted by Gasteiger charge is 2.39. The van der Waals surface area contributed by atoms with Crippen LogP contribution in [0.2, 0.25) is 0 Å². The first-order chi connectivity index (χ1) is 8.19. The Hall–Kier alpha value is -1.79. The van der Waals surface area contributed by atoms with Gasteiger partial charge in [0.1, 0.15) is 5.69 Å². The van der Waals surface area contributed by atoms with E-state index in [0.29, 0.717) is 6.07 Å². The lowest BCUT2D eigenvalue weighted by Gasteiger charge is -2.13. The maximum absolute atomic E-state index is 12.7. The molecular weight excluding hydrogens is 260 g/mol. The summed E-state index contributed by atoms with van der Waals surface area (Å²) in [6, 6.07) is 5.55. The quantitative estimate of drug-likeness (QED) is 0.648. The van der Waals surface area contributed by atoms with Gasteiger partial charge in [-0.3, -0.25) is 0 Å². The van der Waals surface area contributed by atoms with Gasteiger partial charge >= 0.3 is 12.4 Å². The molecule has 7 heteroatoms. The average molecular weight is 265 g/mol. The second kappa shape index (κ2) is 3.86.